The molecule has 2 heteroatoms. The quantitative estimate of drug-likeness (QED) is 0.308. The van der Waals surface area contributed by atoms with Crippen LogP contribution >= 0.6 is 0 Å². The third kappa shape index (κ3) is 3.76. The Morgan fingerprint density at radius 2 is 2.22 bits per heavy atom. The molecule has 0 aliphatic heterocycles. The van der Waals surface area contributed by atoms with E-state index in [1.165, 1.54) is 0 Å². The summed E-state index contributed by atoms with van der Waals surface area (Å²) in [6, 6.07) is 0. The molecule has 0 spiro atoms. The molecule has 0 fully saturated rings. The minimum atomic E-state index is 0.712. The van der Waals surface area contributed by atoms with Crippen molar-refractivity contribution >= 4 is 5.84 Å². The van der Waals surface area contributed by atoms with Gasteiger partial charge in [0.1, 0.15) is 0 Å². The molecule has 0 N–H and O–H groups in total. The van der Waals surface area contributed by atoms with Gasteiger partial charge in [-0.15, -0.1) is 6.58 Å². The molecule has 52 valence electrons. The normalized spacial score (nSPS) is 11.2. The SMILES string of the molecule is C=CC/N=C(\C)N(C)C. The van der Waals surface area contributed by atoms with Crippen molar-refractivity contribution in [2.45, 2.75) is 6.92 Å². The van der Waals surface area contributed by atoms with E-state index in [4.69, 9.17) is 0 Å². The minimum absolute atomic E-state index is 0.712. The molecule has 0 saturated carbocycles. The second kappa shape index (κ2) is 4.13. The summed E-state index contributed by atoms with van der Waals surface area (Å²) in [5.74, 6) is 1.04. The van der Waals surface area contributed by atoms with Crippen molar-refractivity contribution in [3.63, 3.8) is 0 Å². The summed E-state index contributed by atoms with van der Waals surface area (Å²) in [6.07, 6.45) is 1.78. The largest absolute Gasteiger partial charge is 0.367 e. The second-order valence-corrected chi connectivity index (χ2v) is 2.07. The van der Waals surface area contributed by atoms with Crippen molar-refractivity contribution in [3.8, 4) is 0 Å². The molecule has 0 aromatic carbocycles. The molecule has 9 heavy (non-hydrogen) atoms. The highest BCUT2D eigenvalue weighted by atomic mass is 15.1. The molecule has 0 aliphatic carbocycles. The van der Waals surface area contributed by atoms with Crippen molar-refractivity contribution in [2.75, 3.05) is 20.6 Å². The molecule has 0 atom stereocenters. The van der Waals surface area contributed by atoms with Crippen LogP contribution in [0.5, 0.6) is 0 Å². The smallest absolute Gasteiger partial charge is 0.0956 e. The van der Waals surface area contributed by atoms with Crippen LogP contribution in [0.15, 0.2) is 17.6 Å². The third-order valence-electron chi connectivity index (χ3n) is 1.10. The lowest BCUT2D eigenvalue weighted by molar-refractivity contribution is 0.615. The van der Waals surface area contributed by atoms with Crippen LogP contribution in [0.2, 0.25) is 0 Å². The van der Waals surface area contributed by atoms with Gasteiger partial charge in [0.25, 0.3) is 0 Å². The molecule has 0 bridgehead atoms. The Bertz CT molecular complexity index is 114. The molecule has 0 heterocycles. The van der Waals surface area contributed by atoms with E-state index in [1.807, 2.05) is 25.9 Å². The highest BCUT2D eigenvalue weighted by Gasteiger charge is 1.87. The lowest BCUT2D eigenvalue weighted by Gasteiger charge is -2.09. The Morgan fingerprint density at radius 1 is 1.67 bits per heavy atom. The first kappa shape index (κ1) is 8.21. The van der Waals surface area contributed by atoms with Crippen LogP contribution in [0.3, 0.4) is 0 Å². The average molecular weight is 126 g/mol. The zero-order valence-electron chi connectivity index (χ0n) is 6.39. The summed E-state index contributed by atoms with van der Waals surface area (Å²) in [6.45, 7) is 6.25. The van der Waals surface area contributed by atoms with Crippen LogP contribution in [0.25, 0.3) is 0 Å². The Balaban J connectivity index is 3.68. The number of hydrogen-bond acceptors (Lipinski definition) is 1. The van der Waals surface area contributed by atoms with E-state index >= 15 is 0 Å². The molecule has 0 aromatic heterocycles. The maximum atomic E-state index is 4.17. The summed E-state index contributed by atoms with van der Waals surface area (Å²) < 4.78 is 0. The van der Waals surface area contributed by atoms with Crippen LogP contribution in [-0.2, 0) is 0 Å². The van der Waals surface area contributed by atoms with Crippen molar-refractivity contribution in [1.82, 2.24) is 4.90 Å². The van der Waals surface area contributed by atoms with Crippen LogP contribution in [0.1, 0.15) is 6.92 Å². The van der Waals surface area contributed by atoms with Crippen molar-refractivity contribution < 1.29 is 0 Å². The Labute approximate surface area is 56.9 Å². The van der Waals surface area contributed by atoms with Gasteiger partial charge in [-0.25, -0.2) is 0 Å². The number of rotatable bonds is 2. The number of nitrogens with zero attached hydrogens (tertiary/aromatic N) is 2. The maximum Gasteiger partial charge on any atom is 0.0956 e. The molecule has 0 unspecified atom stereocenters. The Morgan fingerprint density at radius 3 is 2.56 bits per heavy atom. The highest BCUT2D eigenvalue weighted by Crippen LogP contribution is 1.81. The van der Waals surface area contributed by atoms with Crippen LogP contribution in [0, 0.1) is 0 Å². The predicted octanol–water partition coefficient (Wildman–Crippen LogP) is 1.15. The van der Waals surface area contributed by atoms with Crippen LogP contribution in [-0.4, -0.2) is 31.4 Å². The van der Waals surface area contributed by atoms with Gasteiger partial charge in [0.15, 0.2) is 0 Å². The first-order valence-corrected chi connectivity index (χ1v) is 2.97. The van der Waals surface area contributed by atoms with Gasteiger partial charge in [-0.1, -0.05) is 6.08 Å². The molecule has 0 rings (SSSR count). The van der Waals surface area contributed by atoms with Crippen molar-refractivity contribution in [3.05, 3.63) is 12.7 Å². The second-order valence-electron chi connectivity index (χ2n) is 2.07. The van der Waals surface area contributed by atoms with E-state index in [0.29, 0.717) is 6.54 Å². The third-order valence-corrected chi connectivity index (χ3v) is 1.10. The van der Waals surface area contributed by atoms with Crippen molar-refractivity contribution in [1.29, 1.82) is 0 Å². The summed E-state index contributed by atoms with van der Waals surface area (Å²) in [7, 11) is 3.95. The standard InChI is InChI=1S/C7H14N2/c1-5-6-8-7(2)9(3)4/h5H,1,6H2,2-4H3/b8-7+. The van der Waals surface area contributed by atoms with E-state index < -0.39 is 0 Å². The molecule has 0 aliphatic rings. The van der Waals surface area contributed by atoms with E-state index in [0.717, 1.165) is 5.84 Å². The Kier molecular flexibility index (Phi) is 3.76. The minimum Gasteiger partial charge on any atom is -0.367 e. The zero-order chi connectivity index (χ0) is 7.28. The summed E-state index contributed by atoms with van der Waals surface area (Å²) in [4.78, 5) is 6.14. The summed E-state index contributed by atoms with van der Waals surface area (Å²) in [5, 5.41) is 0. The number of aliphatic imine (C=N–C) groups is 1. The maximum absolute atomic E-state index is 4.17. The molecule has 0 radical (unpaired) electrons. The van der Waals surface area contributed by atoms with Gasteiger partial charge in [0, 0.05) is 14.1 Å². The van der Waals surface area contributed by atoms with Gasteiger partial charge in [-0.2, -0.15) is 0 Å². The molecule has 0 amide bonds. The molecular formula is C7H14N2. The number of hydrogen-bond donors (Lipinski definition) is 0. The molecule has 0 aromatic rings. The van der Waals surface area contributed by atoms with E-state index in [9.17, 15) is 0 Å². The monoisotopic (exact) mass is 126 g/mol. The fraction of sp³-hybridized carbons (Fsp3) is 0.571. The Hall–Kier alpha value is -0.790. The lowest BCUT2D eigenvalue weighted by atomic mass is 10.6. The summed E-state index contributed by atoms with van der Waals surface area (Å²) in [5.41, 5.74) is 0. The fourth-order valence-electron chi connectivity index (χ4n) is 0.338. The number of amidine groups is 1. The topological polar surface area (TPSA) is 15.6 Å². The lowest BCUT2D eigenvalue weighted by Crippen LogP contribution is -2.18. The van der Waals surface area contributed by atoms with Gasteiger partial charge in [-0.3, -0.25) is 4.99 Å². The average Bonchev–Trinajstić information content (AvgIpc) is 1.82. The van der Waals surface area contributed by atoms with Gasteiger partial charge in [-0.05, 0) is 6.92 Å². The zero-order valence-corrected chi connectivity index (χ0v) is 6.39. The predicted molar refractivity (Wildman–Crippen MR) is 41.9 cm³/mol. The van der Waals surface area contributed by atoms with Gasteiger partial charge < -0.3 is 4.90 Å². The van der Waals surface area contributed by atoms with E-state index in [2.05, 4.69) is 11.6 Å². The van der Waals surface area contributed by atoms with Gasteiger partial charge >= 0.3 is 0 Å². The van der Waals surface area contributed by atoms with E-state index in [1.54, 1.807) is 6.08 Å². The molecule has 2 nitrogen and oxygen atoms in total. The van der Waals surface area contributed by atoms with Gasteiger partial charge in [0.2, 0.25) is 0 Å². The molecule has 0 saturated heterocycles. The first-order valence-electron chi connectivity index (χ1n) is 2.97. The van der Waals surface area contributed by atoms with Crippen molar-refractivity contribution in [2.24, 2.45) is 4.99 Å². The fourth-order valence-corrected chi connectivity index (χ4v) is 0.338. The highest BCUT2D eigenvalue weighted by molar-refractivity contribution is 5.79. The van der Waals surface area contributed by atoms with Crippen LogP contribution < -0.4 is 0 Å². The first-order chi connectivity index (χ1) is 4.18. The van der Waals surface area contributed by atoms with Gasteiger partial charge in [0.05, 0.1) is 12.4 Å². The van der Waals surface area contributed by atoms with Crippen LogP contribution in [0.4, 0.5) is 0 Å². The van der Waals surface area contributed by atoms with E-state index in [-0.39, 0.29) is 0 Å². The molecular weight excluding hydrogens is 112 g/mol. The summed E-state index contributed by atoms with van der Waals surface area (Å²) >= 11 is 0.